The van der Waals surface area contributed by atoms with Gasteiger partial charge in [-0.25, -0.2) is 14.8 Å². The van der Waals surface area contributed by atoms with Gasteiger partial charge in [0.15, 0.2) is 0 Å². The van der Waals surface area contributed by atoms with E-state index < -0.39 is 17.8 Å². The van der Waals surface area contributed by atoms with Crippen LogP contribution in [0.25, 0.3) is 22.4 Å². The highest BCUT2D eigenvalue weighted by Crippen LogP contribution is 2.44. The Morgan fingerprint density at radius 2 is 1.70 bits per heavy atom. The van der Waals surface area contributed by atoms with Gasteiger partial charge in [-0.05, 0) is 82.1 Å². The Labute approximate surface area is 272 Å². The van der Waals surface area contributed by atoms with Crippen LogP contribution in [0.1, 0.15) is 48.1 Å². The first kappa shape index (κ1) is 30.7. The van der Waals surface area contributed by atoms with Gasteiger partial charge in [-0.2, -0.15) is 0 Å². The van der Waals surface area contributed by atoms with E-state index in [9.17, 15) is 9.59 Å². The summed E-state index contributed by atoms with van der Waals surface area (Å²) in [7, 11) is 0. The second-order valence-corrected chi connectivity index (χ2v) is 11.5. The van der Waals surface area contributed by atoms with Crippen LogP contribution in [0.2, 0.25) is 5.02 Å². The molecular formula is C36H33ClN6O3. The number of imidazole rings is 1. The van der Waals surface area contributed by atoms with Crippen LogP contribution in [0.5, 0.6) is 0 Å². The van der Waals surface area contributed by atoms with Crippen molar-refractivity contribution in [1.82, 2.24) is 24.8 Å². The topological polar surface area (TPSA) is 111 Å². The van der Waals surface area contributed by atoms with Gasteiger partial charge in [0.1, 0.15) is 17.2 Å². The lowest BCUT2D eigenvalue weighted by molar-refractivity contribution is -0.138. The molecule has 0 fully saturated rings. The van der Waals surface area contributed by atoms with Crippen LogP contribution in [-0.2, 0) is 14.3 Å². The third-order valence-electron chi connectivity index (χ3n) is 7.95. The van der Waals surface area contributed by atoms with Crippen molar-refractivity contribution in [2.24, 2.45) is 0 Å². The van der Waals surface area contributed by atoms with Crippen LogP contribution in [0.3, 0.4) is 0 Å². The van der Waals surface area contributed by atoms with Gasteiger partial charge in [0.05, 0.1) is 35.0 Å². The van der Waals surface area contributed by atoms with Crippen molar-refractivity contribution in [3.63, 3.8) is 0 Å². The van der Waals surface area contributed by atoms with Crippen molar-refractivity contribution in [2.75, 3.05) is 11.9 Å². The summed E-state index contributed by atoms with van der Waals surface area (Å²) >= 11 is 6.76. The van der Waals surface area contributed by atoms with Crippen LogP contribution in [0, 0.1) is 20.8 Å². The molecular weight excluding hydrogens is 600 g/mol. The average molecular weight is 633 g/mol. The zero-order valence-electron chi connectivity index (χ0n) is 26.2. The number of hydrogen-bond acceptors (Lipinski definition) is 7. The number of ether oxygens (including phenoxy) is 1. The van der Waals surface area contributed by atoms with Gasteiger partial charge in [0.2, 0.25) is 0 Å². The number of halogens is 1. The van der Waals surface area contributed by atoms with Gasteiger partial charge in [0.25, 0.3) is 5.91 Å². The molecule has 0 spiro atoms. The number of hydrogen-bond donors (Lipinski definition) is 2. The number of fused-ring (bicyclic) bond motifs is 1. The lowest BCUT2D eigenvalue weighted by Crippen LogP contribution is -2.34. The number of rotatable bonds is 7. The first-order chi connectivity index (χ1) is 22.2. The Kier molecular flexibility index (Phi) is 8.42. The van der Waals surface area contributed by atoms with Crippen LogP contribution < -0.4 is 10.6 Å². The van der Waals surface area contributed by atoms with Crippen molar-refractivity contribution >= 4 is 46.0 Å². The third-order valence-corrected chi connectivity index (χ3v) is 8.30. The van der Waals surface area contributed by atoms with Crippen molar-refractivity contribution in [3.8, 4) is 5.69 Å². The maximum Gasteiger partial charge on any atom is 0.337 e. The minimum Gasteiger partial charge on any atom is -0.463 e. The van der Waals surface area contributed by atoms with Crippen molar-refractivity contribution in [2.45, 2.75) is 40.5 Å². The molecule has 0 radical (unpaired) electrons. The van der Waals surface area contributed by atoms with Crippen molar-refractivity contribution in [3.05, 3.63) is 129 Å². The highest BCUT2D eigenvalue weighted by atomic mass is 35.5. The molecule has 5 aromatic rings. The summed E-state index contributed by atoms with van der Waals surface area (Å²) in [6, 6.07) is 22.4. The first-order valence-electron chi connectivity index (χ1n) is 15.0. The molecule has 2 N–H and O–H groups in total. The number of carbonyl (C=O) groups excluding carboxylic acids is 2. The maximum absolute atomic E-state index is 13.9. The molecule has 0 aliphatic carbocycles. The molecule has 6 rings (SSSR count). The van der Waals surface area contributed by atoms with Crippen LogP contribution >= 0.6 is 11.6 Å². The van der Waals surface area contributed by atoms with E-state index in [1.165, 1.54) is 0 Å². The molecule has 0 saturated heterocycles. The fourth-order valence-corrected chi connectivity index (χ4v) is 6.27. The predicted octanol–water partition coefficient (Wildman–Crippen LogP) is 6.97. The summed E-state index contributed by atoms with van der Waals surface area (Å²) in [5.41, 5.74) is 7.58. The number of esters is 1. The number of benzene rings is 2. The smallest absolute Gasteiger partial charge is 0.337 e. The molecule has 1 aliphatic heterocycles. The molecule has 0 saturated carbocycles. The Balaban J connectivity index is 1.50. The summed E-state index contributed by atoms with van der Waals surface area (Å²) in [6.07, 6.45) is 1.60. The van der Waals surface area contributed by atoms with Gasteiger partial charge in [0, 0.05) is 33.9 Å². The predicted molar refractivity (Wildman–Crippen MR) is 180 cm³/mol. The van der Waals surface area contributed by atoms with Gasteiger partial charge in [-0.15, -0.1) is 0 Å². The molecule has 1 unspecified atom stereocenters. The second-order valence-electron chi connectivity index (χ2n) is 11.1. The lowest BCUT2D eigenvalue weighted by atomic mass is 9.78. The van der Waals surface area contributed by atoms with Gasteiger partial charge in [-0.3, -0.25) is 14.3 Å². The Bertz CT molecular complexity index is 2050. The average Bonchev–Trinajstić information content (AvgIpc) is 3.37. The number of aryl methyl sites for hydroxylation is 3. The molecule has 232 valence electrons. The molecule has 1 aliphatic rings. The number of aromatic nitrogens is 4. The van der Waals surface area contributed by atoms with Crippen LogP contribution in [0.4, 0.5) is 5.82 Å². The van der Waals surface area contributed by atoms with E-state index in [-0.39, 0.29) is 12.2 Å². The van der Waals surface area contributed by atoms with Gasteiger partial charge < -0.3 is 15.4 Å². The maximum atomic E-state index is 13.9. The van der Waals surface area contributed by atoms with E-state index in [1.807, 2.05) is 76.2 Å². The van der Waals surface area contributed by atoms with Crippen LogP contribution in [-0.4, -0.2) is 38.0 Å². The van der Waals surface area contributed by atoms with E-state index in [0.29, 0.717) is 33.4 Å². The van der Waals surface area contributed by atoms with Crippen molar-refractivity contribution in [1.29, 1.82) is 0 Å². The number of dihydropyridines is 1. The lowest BCUT2D eigenvalue weighted by Gasteiger charge is -2.32. The monoisotopic (exact) mass is 632 g/mol. The minimum absolute atomic E-state index is 0.155. The molecule has 46 heavy (non-hydrogen) atoms. The number of nitrogens with one attached hydrogen (secondary N) is 2. The third kappa shape index (κ3) is 5.65. The molecule has 1 amide bonds. The van der Waals surface area contributed by atoms with Crippen molar-refractivity contribution < 1.29 is 14.3 Å². The molecule has 3 aromatic heterocycles. The summed E-state index contributed by atoms with van der Waals surface area (Å²) < 4.78 is 7.70. The molecule has 2 aromatic carbocycles. The highest BCUT2D eigenvalue weighted by Gasteiger charge is 2.39. The largest absolute Gasteiger partial charge is 0.463 e. The number of nitrogens with zero attached hydrogens (tertiary/aromatic N) is 4. The number of allylic oxidation sites excluding steroid dienone is 1. The number of pyridine rings is 2. The first-order valence-corrected chi connectivity index (χ1v) is 15.4. The number of carbonyl (C=O) groups is 2. The van der Waals surface area contributed by atoms with Crippen LogP contribution in [0.15, 0.2) is 95.8 Å². The SMILES string of the molecule is CCOC(=O)C1=C(c2ccc(-n3c(C)nc4c(C)nc(C)cc43)cc2)NC(C)=C(C(=O)Nc2ccccn2)C1c1ccccc1Cl. The quantitative estimate of drug-likeness (QED) is 0.186. The normalized spacial score (nSPS) is 14.8. The summed E-state index contributed by atoms with van der Waals surface area (Å²) in [6.45, 7) is 9.61. The molecule has 10 heteroatoms. The summed E-state index contributed by atoms with van der Waals surface area (Å²) in [5, 5.41) is 6.67. The molecule has 4 heterocycles. The summed E-state index contributed by atoms with van der Waals surface area (Å²) in [5.74, 6) is -0.568. The fourth-order valence-electron chi connectivity index (χ4n) is 6.02. The van der Waals surface area contributed by atoms with E-state index in [0.717, 1.165) is 39.5 Å². The van der Waals surface area contributed by atoms with Gasteiger partial charge >= 0.3 is 5.97 Å². The minimum atomic E-state index is -0.828. The van der Waals surface area contributed by atoms with E-state index >= 15 is 0 Å². The number of amides is 1. The fraction of sp³-hybridized carbons (Fsp3) is 0.194. The van der Waals surface area contributed by atoms with E-state index in [2.05, 4.69) is 25.2 Å². The molecule has 9 nitrogen and oxygen atoms in total. The molecule has 0 bridgehead atoms. The molecule has 1 atom stereocenters. The standard InChI is InChI=1S/C36H33ClN6O3/c1-6-46-36(45)32-31(26-11-7-8-12-27(26)37)30(35(44)42-29-13-9-10-18-38-29)21(3)40-34(32)24-14-16-25(17-15-24)43-23(5)41-33-22(4)39-20(2)19-28(33)43/h7-19,31,40H,6H2,1-5H3,(H,38,42,44). The Morgan fingerprint density at radius 1 is 0.957 bits per heavy atom. The number of anilines is 1. The Hall–Kier alpha value is -5.28. The van der Waals surface area contributed by atoms with E-state index in [4.69, 9.17) is 21.3 Å². The highest BCUT2D eigenvalue weighted by molar-refractivity contribution is 6.31. The van der Waals surface area contributed by atoms with E-state index in [1.54, 1.807) is 37.4 Å². The summed E-state index contributed by atoms with van der Waals surface area (Å²) in [4.78, 5) is 41.4. The zero-order valence-corrected chi connectivity index (χ0v) is 26.9. The Morgan fingerprint density at radius 3 is 2.39 bits per heavy atom. The second kappa shape index (κ2) is 12.6. The zero-order chi connectivity index (χ0) is 32.5. The van der Waals surface area contributed by atoms with Gasteiger partial charge in [-0.1, -0.05) is 48.0 Å².